The molecule has 1 aliphatic carbocycles. The van der Waals surface area contributed by atoms with Crippen LogP contribution in [0.1, 0.15) is 33.1 Å². The van der Waals surface area contributed by atoms with Gasteiger partial charge in [-0.15, -0.1) is 5.10 Å². The van der Waals surface area contributed by atoms with Crippen LogP contribution in [0.3, 0.4) is 0 Å². The maximum atomic E-state index is 13.2. The van der Waals surface area contributed by atoms with Gasteiger partial charge in [-0.25, -0.2) is 14.0 Å². The maximum absolute atomic E-state index is 13.2. The van der Waals surface area contributed by atoms with Crippen molar-refractivity contribution in [3.63, 3.8) is 0 Å². The zero-order valence-electron chi connectivity index (χ0n) is 16.0. The van der Waals surface area contributed by atoms with Gasteiger partial charge in [-0.3, -0.25) is 4.98 Å². The molecule has 2 heterocycles. The van der Waals surface area contributed by atoms with Gasteiger partial charge < -0.3 is 4.74 Å². The van der Waals surface area contributed by atoms with E-state index in [-0.39, 0.29) is 11.8 Å². The van der Waals surface area contributed by atoms with Crippen LogP contribution in [0.15, 0.2) is 47.5 Å². The number of pyridine rings is 1. The normalized spacial score (nSPS) is 14.3. The Morgan fingerprint density at radius 1 is 1.21 bits per heavy atom. The molecule has 7 heteroatoms. The summed E-state index contributed by atoms with van der Waals surface area (Å²) < 4.78 is 8.89. The van der Waals surface area contributed by atoms with Gasteiger partial charge in [-0.1, -0.05) is 18.0 Å². The summed E-state index contributed by atoms with van der Waals surface area (Å²) in [7, 11) is 0. The lowest BCUT2D eigenvalue weighted by Crippen LogP contribution is -2.29. The van der Waals surface area contributed by atoms with Crippen LogP contribution in [-0.2, 0) is 6.54 Å². The summed E-state index contributed by atoms with van der Waals surface area (Å²) in [6.07, 6.45) is 6.82. The Morgan fingerprint density at radius 2 is 1.96 bits per heavy atom. The van der Waals surface area contributed by atoms with Crippen LogP contribution >= 0.6 is 11.6 Å². The minimum Gasteiger partial charge on any atom is -0.491 e. The monoisotopic (exact) mass is 398 g/mol. The number of hydrogen-bond acceptors (Lipinski definition) is 4. The van der Waals surface area contributed by atoms with Crippen molar-refractivity contribution < 1.29 is 4.74 Å². The Kier molecular flexibility index (Phi) is 5.22. The van der Waals surface area contributed by atoms with Crippen LogP contribution < -0.4 is 10.4 Å². The first-order valence-corrected chi connectivity index (χ1v) is 9.97. The number of hydrogen-bond donors (Lipinski definition) is 0. The van der Waals surface area contributed by atoms with Crippen molar-refractivity contribution in [3.05, 3.63) is 58.2 Å². The number of benzene rings is 1. The average molecular weight is 399 g/mol. The molecule has 2 aromatic heterocycles. The highest BCUT2D eigenvalue weighted by Gasteiger charge is 2.23. The van der Waals surface area contributed by atoms with Gasteiger partial charge >= 0.3 is 5.69 Å². The van der Waals surface area contributed by atoms with Crippen LogP contribution in [0, 0.1) is 5.92 Å². The van der Waals surface area contributed by atoms with Gasteiger partial charge in [0.1, 0.15) is 5.75 Å². The molecule has 0 unspecified atom stereocenters. The second-order valence-corrected chi connectivity index (χ2v) is 7.84. The summed E-state index contributed by atoms with van der Waals surface area (Å²) in [5.41, 5.74) is 1.25. The highest BCUT2D eigenvalue weighted by Crippen LogP contribution is 2.29. The lowest BCUT2D eigenvalue weighted by Gasteiger charge is -2.24. The lowest BCUT2D eigenvalue weighted by molar-refractivity contribution is 0.242. The SMILES string of the molecule is CC(C)Oc1ccc(-n2c(-c3ccncc3Cl)nn(CC3CCC3)c2=O)cc1. The standard InChI is InChI=1S/C21H23ClN4O2/c1-14(2)28-17-8-6-16(7-9-17)26-20(18-10-11-23-12-19(18)22)24-25(21(26)27)13-15-4-3-5-15/h6-12,14-15H,3-5,13H2,1-2H3. The van der Waals surface area contributed by atoms with E-state index in [4.69, 9.17) is 16.3 Å². The van der Waals surface area contributed by atoms with Crippen molar-refractivity contribution in [1.82, 2.24) is 19.3 Å². The van der Waals surface area contributed by atoms with E-state index >= 15 is 0 Å². The Morgan fingerprint density at radius 3 is 2.57 bits per heavy atom. The Labute approximate surface area is 168 Å². The van der Waals surface area contributed by atoms with Gasteiger partial charge in [-0.05, 0) is 62.9 Å². The average Bonchev–Trinajstić information content (AvgIpc) is 2.95. The quantitative estimate of drug-likeness (QED) is 0.619. The molecule has 0 radical (unpaired) electrons. The van der Waals surface area contributed by atoms with Crippen molar-refractivity contribution in [1.29, 1.82) is 0 Å². The minimum atomic E-state index is -0.160. The molecule has 1 fully saturated rings. The first-order chi connectivity index (χ1) is 13.5. The molecule has 4 rings (SSSR count). The summed E-state index contributed by atoms with van der Waals surface area (Å²) in [6, 6.07) is 9.25. The zero-order valence-corrected chi connectivity index (χ0v) is 16.8. The molecule has 0 saturated heterocycles. The van der Waals surface area contributed by atoms with Crippen molar-refractivity contribution in [3.8, 4) is 22.8 Å². The molecule has 28 heavy (non-hydrogen) atoms. The Hall–Kier alpha value is -2.60. The van der Waals surface area contributed by atoms with E-state index in [2.05, 4.69) is 10.1 Å². The zero-order chi connectivity index (χ0) is 19.7. The van der Waals surface area contributed by atoms with E-state index in [0.29, 0.717) is 28.9 Å². The highest BCUT2D eigenvalue weighted by molar-refractivity contribution is 6.33. The van der Waals surface area contributed by atoms with Gasteiger partial charge in [0.25, 0.3) is 0 Å². The predicted octanol–water partition coefficient (Wildman–Crippen LogP) is 4.34. The predicted molar refractivity (Wildman–Crippen MR) is 109 cm³/mol. The van der Waals surface area contributed by atoms with E-state index in [1.54, 1.807) is 27.7 Å². The van der Waals surface area contributed by atoms with Gasteiger partial charge in [0.05, 0.1) is 16.8 Å². The molecule has 6 nitrogen and oxygen atoms in total. The lowest BCUT2D eigenvalue weighted by atomic mass is 9.85. The van der Waals surface area contributed by atoms with Gasteiger partial charge in [0, 0.05) is 24.5 Å². The van der Waals surface area contributed by atoms with E-state index < -0.39 is 0 Å². The first-order valence-electron chi connectivity index (χ1n) is 9.60. The number of halogens is 1. The first kappa shape index (κ1) is 18.7. The second-order valence-electron chi connectivity index (χ2n) is 7.44. The molecule has 0 spiro atoms. The fourth-order valence-electron chi connectivity index (χ4n) is 3.36. The molecule has 3 aromatic rings. The smallest absolute Gasteiger partial charge is 0.350 e. The molecule has 0 N–H and O–H groups in total. The van der Waals surface area contributed by atoms with Gasteiger partial charge in [0.15, 0.2) is 5.82 Å². The summed E-state index contributed by atoms with van der Waals surface area (Å²) in [5.74, 6) is 1.80. The molecule has 0 amide bonds. The summed E-state index contributed by atoms with van der Waals surface area (Å²) >= 11 is 6.36. The fraction of sp³-hybridized carbons (Fsp3) is 0.381. The van der Waals surface area contributed by atoms with Gasteiger partial charge in [-0.2, -0.15) is 0 Å². The molecule has 1 saturated carbocycles. The van der Waals surface area contributed by atoms with E-state index in [0.717, 1.165) is 24.3 Å². The molecule has 0 bridgehead atoms. The van der Waals surface area contributed by atoms with E-state index in [1.165, 1.54) is 6.42 Å². The largest absolute Gasteiger partial charge is 0.491 e. The molecule has 1 aliphatic rings. The van der Waals surface area contributed by atoms with Crippen molar-refractivity contribution in [2.24, 2.45) is 5.92 Å². The number of rotatable bonds is 6. The number of ether oxygens (including phenoxy) is 1. The molecule has 146 valence electrons. The van der Waals surface area contributed by atoms with Crippen LogP contribution in [0.2, 0.25) is 5.02 Å². The van der Waals surface area contributed by atoms with E-state index in [9.17, 15) is 4.79 Å². The Bertz CT molecular complexity index is 1020. The molecule has 0 aliphatic heterocycles. The van der Waals surface area contributed by atoms with Crippen molar-refractivity contribution >= 4 is 11.6 Å². The maximum Gasteiger partial charge on any atom is 0.350 e. The third-order valence-electron chi connectivity index (χ3n) is 4.98. The van der Waals surface area contributed by atoms with Crippen LogP contribution in [0.25, 0.3) is 17.1 Å². The number of aromatic nitrogens is 4. The second kappa shape index (κ2) is 7.80. The third kappa shape index (κ3) is 3.69. The van der Waals surface area contributed by atoms with Crippen LogP contribution in [0.4, 0.5) is 0 Å². The number of nitrogens with zero attached hydrogens (tertiary/aromatic N) is 4. The Balaban J connectivity index is 1.80. The molecular formula is C21H23ClN4O2. The summed E-state index contributed by atoms with van der Waals surface area (Å²) in [6.45, 7) is 4.59. The van der Waals surface area contributed by atoms with Crippen LogP contribution in [-0.4, -0.2) is 25.4 Å². The van der Waals surface area contributed by atoms with Crippen LogP contribution in [0.5, 0.6) is 5.75 Å². The fourth-order valence-corrected chi connectivity index (χ4v) is 3.56. The summed E-state index contributed by atoms with van der Waals surface area (Å²) in [5, 5.41) is 5.10. The molecule has 1 aromatic carbocycles. The van der Waals surface area contributed by atoms with Gasteiger partial charge in [0.2, 0.25) is 0 Å². The topological polar surface area (TPSA) is 61.9 Å². The summed E-state index contributed by atoms with van der Waals surface area (Å²) in [4.78, 5) is 17.2. The van der Waals surface area contributed by atoms with Crippen molar-refractivity contribution in [2.45, 2.75) is 45.8 Å². The van der Waals surface area contributed by atoms with E-state index in [1.807, 2.05) is 38.1 Å². The molecular weight excluding hydrogens is 376 g/mol. The van der Waals surface area contributed by atoms with Crippen molar-refractivity contribution in [2.75, 3.05) is 0 Å². The third-order valence-corrected chi connectivity index (χ3v) is 5.28. The highest BCUT2D eigenvalue weighted by atomic mass is 35.5. The molecule has 0 atom stereocenters. The minimum absolute atomic E-state index is 0.0879.